The highest BCUT2D eigenvalue weighted by Gasteiger charge is 2.63. The summed E-state index contributed by atoms with van der Waals surface area (Å²) < 4.78 is 52.5. The monoisotopic (exact) mass is 368 g/mol. The molecule has 0 radical (unpaired) electrons. The fourth-order valence-electron chi connectivity index (χ4n) is 2.12. The second kappa shape index (κ2) is 8.19. The quantitative estimate of drug-likeness (QED) is 0.500. The molecule has 9 nitrogen and oxygen atoms in total. The van der Waals surface area contributed by atoms with Crippen molar-refractivity contribution in [3.8, 4) is 0 Å². The molecule has 11 heteroatoms. The molecule has 4 atom stereocenters. The predicted octanol–water partition coefficient (Wildman–Crippen LogP) is 0.336. The lowest BCUT2D eigenvalue weighted by atomic mass is 9.97. The van der Waals surface area contributed by atoms with Crippen LogP contribution in [0.1, 0.15) is 27.7 Å². The van der Waals surface area contributed by atoms with Crippen LogP contribution in [0, 0.1) is 0 Å². The number of rotatable bonds is 5. The van der Waals surface area contributed by atoms with Gasteiger partial charge < -0.3 is 23.7 Å². The molecule has 1 fully saturated rings. The first-order valence-electron chi connectivity index (χ1n) is 7.13. The van der Waals surface area contributed by atoms with Gasteiger partial charge in [-0.3, -0.25) is 19.2 Å². The van der Waals surface area contributed by atoms with Crippen molar-refractivity contribution in [2.24, 2.45) is 0 Å². The van der Waals surface area contributed by atoms with E-state index < -0.39 is 61.0 Å². The Balaban J connectivity index is 3.22. The van der Waals surface area contributed by atoms with Gasteiger partial charge in [0.25, 0.3) is 6.29 Å². The summed E-state index contributed by atoms with van der Waals surface area (Å²) in [5.74, 6) is -7.90. The Kier molecular flexibility index (Phi) is 6.79. The van der Waals surface area contributed by atoms with E-state index in [1.54, 1.807) is 0 Å². The van der Waals surface area contributed by atoms with E-state index in [1.165, 1.54) is 0 Å². The number of ether oxygens (including phenoxy) is 5. The van der Waals surface area contributed by atoms with E-state index in [0.29, 0.717) is 0 Å². The Bertz CT molecular complexity index is 548. The van der Waals surface area contributed by atoms with Gasteiger partial charge >= 0.3 is 29.8 Å². The molecule has 0 saturated carbocycles. The second-order valence-electron chi connectivity index (χ2n) is 5.20. The Morgan fingerprint density at radius 2 is 1.40 bits per heavy atom. The summed E-state index contributed by atoms with van der Waals surface area (Å²) in [6.07, 6.45) is -7.99. The van der Waals surface area contributed by atoms with Crippen molar-refractivity contribution in [3.63, 3.8) is 0 Å². The zero-order chi connectivity index (χ0) is 19.4. The lowest BCUT2D eigenvalue weighted by Crippen LogP contribution is -2.65. The number of esters is 4. The lowest BCUT2D eigenvalue weighted by Gasteiger charge is -2.43. The SMILES string of the molecule is CC(=O)OC[C@H]1O[C@H](OC(C)=O)C(F)(F)[C@@H](OC(C)=O)[C@@H]1OC(C)=O. The molecule has 0 aromatic heterocycles. The lowest BCUT2D eigenvalue weighted by molar-refractivity contribution is -0.349. The first-order chi connectivity index (χ1) is 11.4. The van der Waals surface area contributed by atoms with Gasteiger partial charge in [-0.05, 0) is 0 Å². The molecule has 0 aromatic carbocycles. The second-order valence-corrected chi connectivity index (χ2v) is 5.20. The molecular formula is C14H18F2O9. The minimum atomic E-state index is -4.02. The van der Waals surface area contributed by atoms with E-state index in [0.717, 1.165) is 27.7 Å². The maximum Gasteiger partial charge on any atom is 0.348 e. The van der Waals surface area contributed by atoms with Crippen LogP contribution in [-0.4, -0.2) is 61.0 Å². The Labute approximate surface area is 141 Å². The van der Waals surface area contributed by atoms with Crippen LogP contribution >= 0.6 is 0 Å². The minimum Gasteiger partial charge on any atom is -0.463 e. The molecule has 1 rings (SSSR count). The third kappa shape index (κ3) is 5.62. The summed E-state index contributed by atoms with van der Waals surface area (Å²) in [6, 6.07) is 0. The molecule has 1 heterocycles. The minimum absolute atomic E-state index is 0.598. The highest BCUT2D eigenvalue weighted by Crippen LogP contribution is 2.39. The molecule has 25 heavy (non-hydrogen) atoms. The maximum absolute atomic E-state index is 14.5. The van der Waals surface area contributed by atoms with Crippen LogP contribution in [0.15, 0.2) is 0 Å². The zero-order valence-electron chi connectivity index (χ0n) is 13.9. The predicted molar refractivity (Wildman–Crippen MR) is 73.1 cm³/mol. The molecule has 0 unspecified atom stereocenters. The molecule has 1 aliphatic rings. The Morgan fingerprint density at radius 3 is 1.84 bits per heavy atom. The fourth-order valence-corrected chi connectivity index (χ4v) is 2.12. The number of carbonyl (C=O) groups is 4. The van der Waals surface area contributed by atoms with Gasteiger partial charge in [0.2, 0.25) is 6.10 Å². The van der Waals surface area contributed by atoms with Gasteiger partial charge in [0.05, 0.1) is 0 Å². The van der Waals surface area contributed by atoms with Gasteiger partial charge in [0, 0.05) is 27.7 Å². The highest BCUT2D eigenvalue weighted by molar-refractivity contribution is 5.68. The maximum atomic E-state index is 14.5. The largest absolute Gasteiger partial charge is 0.463 e. The molecule has 142 valence electrons. The van der Waals surface area contributed by atoms with E-state index in [1.807, 2.05) is 0 Å². The molecule has 0 spiro atoms. The van der Waals surface area contributed by atoms with Crippen molar-refractivity contribution in [1.82, 2.24) is 0 Å². The van der Waals surface area contributed by atoms with Gasteiger partial charge in [-0.15, -0.1) is 0 Å². The van der Waals surface area contributed by atoms with Crippen molar-refractivity contribution in [3.05, 3.63) is 0 Å². The van der Waals surface area contributed by atoms with E-state index in [4.69, 9.17) is 9.47 Å². The number of hydrogen-bond donors (Lipinski definition) is 0. The van der Waals surface area contributed by atoms with Gasteiger partial charge in [-0.2, -0.15) is 8.78 Å². The molecule has 1 saturated heterocycles. The van der Waals surface area contributed by atoms with Crippen molar-refractivity contribution in [2.45, 2.75) is 58.2 Å². The first kappa shape index (κ1) is 20.7. The normalized spacial score (nSPS) is 27.8. The van der Waals surface area contributed by atoms with E-state index in [2.05, 4.69) is 14.2 Å². The molecule has 0 bridgehead atoms. The van der Waals surface area contributed by atoms with Crippen molar-refractivity contribution in [2.75, 3.05) is 6.61 Å². The average molecular weight is 368 g/mol. The van der Waals surface area contributed by atoms with Crippen molar-refractivity contribution >= 4 is 23.9 Å². The van der Waals surface area contributed by atoms with Crippen molar-refractivity contribution < 1.29 is 51.6 Å². The third-order valence-corrected chi connectivity index (χ3v) is 2.98. The standard InChI is InChI=1S/C14H18F2O9/c1-6(17)21-5-10-11(22-7(2)18)12(23-8(3)19)14(15,16)13(25-10)24-9(4)20/h10-13H,5H2,1-4H3/t10-,11-,12+,13+/m1/s1. The summed E-state index contributed by atoms with van der Waals surface area (Å²) in [5, 5.41) is 0. The summed E-state index contributed by atoms with van der Waals surface area (Å²) in [7, 11) is 0. The Morgan fingerprint density at radius 1 is 0.880 bits per heavy atom. The van der Waals surface area contributed by atoms with Crippen LogP contribution < -0.4 is 0 Å². The summed E-state index contributed by atoms with van der Waals surface area (Å²) in [5.41, 5.74) is 0. The average Bonchev–Trinajstić information content (AvgIpc) is 2.43. The van der Waals surface area contributed by atoms with Gasteiger partial charge in [-0.1, -0.05) is 0 Å². The third-order valence-electron chi connectivity index (χ3n) is 2.98. The first-order valence-corrected chi connectivity index (χ1v) is 7.13. The van der Waals surface area contributed by atoms with Gasteiger partial charge in [0.15, 0.2) is 6.10 Å². The van der Waals surface area contributed by atoms with Crippen LogP contribution in [0.4, 0.5) is 8.78 Å². The van der Waals surface area contributed by atoms with E-state index >= 15 is 0 Å². The van der Waals surface area contributed by atoms with E-state index in [9.17, 15) is 28.0 Å². The number of hydrogen-bond acceptors (Lipinski definition) is 9. The van der Waals surface area contributed by atoms with E-state index in [-0.39, 0.29) is 0 Å². The van der Waals surface area contributed by atoms with Crippen LogP contribution in [0.25, 0.3) is 0 Å². The number of alkyl halides is 2. The topological polar surface area (TPSA) is 114 Å². The molecule has 1 aliphatic heterocycles. The van der Waals surface area contributed by atoms with Crippen LogP contribution in [0.2, 0.25) is 0 Å². The van der Waals surface area contributed by atoms with Gasteiger partial charge in [-0.25, -0.2) is 0 Å². The summed E-state index contributed by atoms with van der Waals surface area (Å²) in [4.78, 5) is 44.4. The van der Waals surface area contributed by atoms with Crippen LogP contribution in [0.3, 0.4) is 0 Å². The molecule has 0 amide bonds. The number of carbonyl (C=O) groups excluding carboxylic acids is 4. The smallest absolute Gasteiger partial charge is 0.348 e. The molecule has 0 N–H and O–H groups in total. The Hall–Kier alpha value is -2.30. The summed E-state index contributed by atoms with van der Waals surface area (Å²) >= 11 is 0. The molecular weight excluding hydrogens is 350 g/mol. The van der Waals surface area contributed by atoms with Crippen molar-refractivity contribution in [1.29, 1.82) is 0 Å². The van der Waals surface area contributed by atoms with Crippen LogP contribution in [-0.2, 0) is 42.9 Å². The van der Waals surface area contributed by atoms with Gasteiger partial charge in [0.1, 0.15) is 12.7 Å². The summed E-state index contributed by atoms with van der Waals surface area (Å²) in [6.45, 7) is 3.16. The van der Waals surface area contributed by atoms with Crippen LogP contribution in [0.5, 0.6) is 0 Å². The fraction of sp³-hybridized carbons (Fsp3) is 0.714. The number of halogens is 2. The zero-order valence-corrected chi connectivity index (χ0v) is 13.9. The highest BCUT2D eigenvalue weighted by atomic mass is 19.3. The molecule has 0 aliphatic carbocycles. The molecule has 0 aromatic rings.